The third kappa shape index (κ3) is 4.31. The molecule has 0 amide bonds. The molecule has 1 aromatic rings. The van der Waals surface area contributed by atoms with Crippen molar-refractivity contribution in [3.63, 3.8) is 0 Å². The first kappa shape index (κ1) is 12.5. The molecule has 0 bridgehead atoms. The molecule has 1 aromatic carbocycles. The van der Waals surface area contributed by atoms with Crippen LogP contribution < -0.4 is 11.1 Å². The van der Waals surface area contributed by atoms with Gasteiger partial charge in [0.05, 0.1) is 6.54 Å². The lowest BCUT2D eigenvalue weighted by atomic mass is 10.3. The van der Waals surface area contributed by atoms with Crippen molar-refractivity contribution in [3.05, 3.63) is 24.3 Å². The normalized spacial score (nSPS) is 10.4. The van der Waals surface area contributed by atoms with Gasteiger partial charge >= 0.3 is 0 Å². The summed E-state index contributed by atoms with van der Waals surface area (Å²) >= 11 is 0. The summed E-state index contributed by atoms with van der Waals surface area (Å²) in [6.45, 7) is 5.13. The molecule has 0 aliphatic heterocycles. The molecule has 0 aliphatic rings. The molecule has 0 radical (unpaired) electrons. The smallest absolute Gasteiger partial charge is 0.133 e. The van der Waals surface area contributed by atoms with Gasteiger partial charge in [0.2, 0.25) is 0 Å². The summed E-state index contributed by atoms with van der Waals surface area (Å²) in [7, 11) is 0. The second kappa shape index (κ2) is 6.85. The third-order valence-corrected chi connectivity index (χ3v) is 2.45. The Labute approximate surface area is 96.4 Å². The summed E-state index contributed by atoms with van der Waals surface area (Å²) in [4.78, 5) is 12.4. The van der Waals surface area contributed by atoms with E-state index < -0.39 is 0 Å². The molecule has 0 unspecified atom stereocenters. The number of nitrogens with zero attached hydrogens (tertiary/aromatic N) is 1. The van der Waals surface area contributed by atoms with Gasteiger partial charge in [0, 0.05) is 24.5 Å². The zero-order valence-corrected chi connectivity index (χ0v) is 9.65. The van der Waals surface area contributed by atoms with E-state index in [1.54, 1.807) is 0 Å². The standard InChI is InChI=1S/C12H19N3O/c1-2-15(9-10-16)8-7-14-12-5-3-11(13)4-6-12/h3-6,10,14H,2,7-9,13H2,1H3. The molecule has 4 heteroatoms. The van der Waals surface area contributed by atoms with Crippen LogP contribution in [-0.2, 0) is 4.79 Å². The largest absolute Gasteiger partial charge is 0.399 e. The Morgan fingerprint density at radius 3 is 2.62 bits per heavy atom. The number of nitrogens with one attached hydrogen (secondary N) is 1. The Hall–Kier alpha value is -1.55. The molecule has 0 spiro atoms. The third-order valence-electron chi connectivity index (χ3n) is 2.45. The number of likely N-dealkylation sites (N-methyl/N-ethyl adjacent to an activating group) is 1. The average molecular weight is 221 g/mol. The Bertz CT molecular complexity index is 311. The maximum atomic E-state index is 10.4. The summed E-state index contributed by atoms with van der Waals surface area (Å²) in [6.07, 6.45) is 0.937. The fourth-order valence-electron chi connectivity index (χ4n) is 1.44. The first-order valence-electron chi connectivity index (χ1n) is 5.51. The van der Waals surface area contributed by atoms with E-state index in [-0.39, 0.29) is 0 Å². The Morgan fingerprint density at radius 2 is 2.06 bits per heavy atom. The topological polar surface area (TPSA) is 58.4 Å². The number of carbonyl (C=O) groups is 1. The second-order valence-electron chi connectivity index (χ2n) is 3.61. The molecule has 0 fully saturated rings. The maximum Gasteiger partial charge on any atom is 0.133 e. The second-order valence-corrected chi connectivity index (χ2v) is 3.61. The van der Waals surface area contributed by atoms with Gasteiger partial charge in [-0.1, -0.05) is 6.92 Å². The molecule has 0 saturated carbocycles. The highest BCUT2D eigenvalue weighted by molar-refractivity contribution is 5.52. The van der Waals surface area contributed by atoms with Crippen molar-refractivity contribution in [2.75, 3.05) is 37.2 Å². The lowest BCUT2D eigenvalue weighted by molar-refractivity contribution is -0.108. The van der Waals surface area contributed by atoms with Crippen molar-refractivity contribution in [3.8, 4) is 0 Å². The number of nitrogen functional groups attached to an aromatic ring is 1. The molecule has 16 heavy (non-hydrogen) atoms. The van der Waals surface area contributed by atoms with E-state index >= 15 is 0 Å². The number of nitrogens with two attached hydrogens (primary N) is 1. The van der Waals surface area contributed by atoms with Crippen LogP contribution in [0.4, 0.5) is 11.4 Å². The van der Waals surface area contributed by atoms with Crippen LogP contribution in [0.5, 0.6) is 0 Å². The number of hydrogen-bond donors (Lipinski definition) is 2. The highest BCUT2D eigenvalue weighted by atomic mass is 16.1. The number of carbonyl (C=O) groups excluding carboxylic acids is 1. The van der Waals surface area contributed by atoms with Crippen LogP contribution in [0, 0.1) is 0 Å². The minimum Gasteiger partial charge on any atom is -0.399 e. The number of benzene rings is 1. The van der Waals surface area contributed by atoms with E-state index in [0.717, 1.165) is 37.3 Å². The minimum atomic E-state index is 0.500. The summed E-state index contributed by atoms with van der Waals surface area (Å²) in [5.41, 5.74) is 7.41. The van der Waals surface area contributed by atoms with E-state index in [2.05, 4.69) is 10.2 Å². The van der Waals surface area contributed by atoms with Crippen molar-refractivity contribution < 1.29 is 4.79 Å². The molecule has 88 valence electrons. The Morgan fingerprint density at radius 1 is 1.38 bits per heavy atom. The van der Waals surface area contributed by atoms with Gasteiger partial charge in [-0.2, -0.15) is 0 Å². The van der Waals surface area contributed by atoms with E-state index in [9.17, 15) is 4.79 Å². The predicted molar refractivity (Wildman–Crippen MR) is 67.5 cm³/mol. The van der Waals surface area contributed by atoms with E-state index in [1.807, 2.05) is 31.2 Å². The fourth-order valence-corrected chi connectivity index (χ4v) is 1.44. The van der Waals surface area contributed by atoms with Crippen LogP contribution in [0.3, 0.4) is 0 Å². The van der Waals surface area contributed by atoms with Crippen molar-refractivity contribution in [2.24, 2.45) is 0 Å². The molecule has 4 nitrogen and oxygen atoms in total. The molecule has 0 heterocycles. The van der Waals surface area contributed by atoms with E-state index in [1.165, 1.54) is 0 Å². The minimum absolute atomic E-state index is 0.500. The first-order valence-corrected chi connectivity index (χ1v) is 5.51. The van der Waals surface area contributed by atoms with Crippen molar-refractivity contribution in [1.29, 1.82) is 0 Å². The quantitative estimate of drug-likeness (QED) is 0.536. The SMILES string of the molecule is CCN(CC=O)CCNc1ccc(N)cc1. The van der Waals surface area contributed by atoms with Crippen molar-refractivity contribution in [2.45, 2.75) is 6.92 Å². The van der Waals surface area contributed by atoms with Gasteiger partial charge in [0.25, 0.3) is 0 Å². The fraction of sp³-hybridized carbons (Fsp3) is 0.417. The van der Waals surface area contributed by atoms with Crippen LogP contribution in [0.15, 0.2) is 24.3 Å². The van der Waals surface area contributed by atoms with Gasteiger partial charge in [-0.05, 0) is 30.8 Å². The van der Waals surface area contributed by atoms with E-state index in [0.29, 0.717) is 6.54 Å². The Balaban J connectivity index is 2.29. The highest BCUT2D eigenvalue weighted by Gasteiger charge is 2.00. The summed E-state index contributed by atoms with van der Waals surface area (Å²) < 4.78 is 0. The Kier molecular flexibility index (Phi) is 5.36. The van der Waals surface area contributed by atoms with Crippen molar-refractivity contribution >= 4 is 17.7 Å². The zero-order chi connectivity index (χ0) is 11.8. The van der Waals surface area contributed by atoms with Crippen molar-refractivity contribution in [1.82, 2.24) is 4.90 Å². The molecule has 0 aromatic heterocycles. The van der Waals surface area contributed by atoms with Gasteiger partial charge in [-0.25, -0.2) is 0 Å². The first-order chi connectivity index (χ1) is 7.76. The molecule has 0 saturated heterocycles. The highest BCUT2D eigenvalue weighted by Crippen LogP contribution is 2.09. The lowest BCUT2D eigenvalue weighted by Gasteiger charge is -2.17. The average Bonchev–Trinajstić information content (AvgIpc) is 2.30. The van der Waals surface area contributed by atoms with Crippen LogP contribution in [0.25, 0.3) is 0 Å². The zero-order valence-electron chi connectivity index (χ0n) is 9.65. The lowest BCUT2D eigenvalue weighted by Crippen LogP contribution is -2.30. The molecule has 1 rings (SSSR count). The van der Waals surface area contributed by atoms with Gasteiger partial charge in [-0.15, -0.1) is 0 Å². The van der Waals surface area contributed by atoms with Gasteiger partial charge in [-0.3, -0.25) is 4.90 Å². The summed E-state index contributed by atoms with van der Waals surface area (Å²) in [6, 6.07) is 7.63. The van der Waals surface area contributed by atoms with Crippen LogP contribution >= 0.6 is 0 Å². The van der Waals surface area contributed by atoms with Crippen LogP contribution in [0.2, 0.25) is 0 Å². The molecular weight excluding hydrogens is 202 g/mol. The predicted octanol–water partition coefficient (Wildman–Crippen LogP) is 1.20. The number of anilines is 2. The van der Waals surface area contributed by atoms with Gasteiger partial charge in [0.15, 0.2) is 0 Å². The number of aldehydes is 1. The maximum absolute atomic E-state index is 10.4. The number of rotatable bonds is 7. The molecule has 3 N–H and O–H groups in total. The van der Waals surface area contributed by atoms with Crippen LogP contribution in [0.1, 0.15) is 6.92 Å². The summed E-state index contributed by atoms with van der Waals surface area (Å²) in [5, 5.41) is 3.28. The summed E-state index contributed by atoms with van der Waals surface area (Å²) in [5.74, 6) is 0. The van der Waals surface area contributed by atoms with Gasteiger partial charge in [0.1, 0.15) is 6.29 Å². The molecule has 0 aliphatic carbocycles. The van der Waals surface area contributed by atoms with E-state index in [4.69, 9.17) is 5.73 Å². The molecule has 0 atom stereocenters. The van der Waals surface area contributed by atoms with Gasteiger partial charge < -0.3 is 15.8 Å². The monoisotopic (exact) mass is 221 g/mol. The molecular formula is C12H19N3O. The van der Waals surface area contributed by atoms with Crippen LogP contribution in [-0.4, -0.2) is 37.4 Å². The number of hydrogen-bond acceptors (Lipinski definition) is 4.